The van der Waals surface area contributed by atoms with Crippen LogP contribution < -0.4 is 0 Å². The van der Waals surface area contributed by atoms with Gasteiger partial charge in [0.1, 0.15) is 0 Å². The zero-order chi connectivity index (χ0) is 12.5. The molecule has 1 saturated carbocycles. The van der Waals surface area contributed by atoms with E-state index in [0.717, 1.165) is 24.8 Å². The minimum Gasteiger partial charge on any atom is -0.385 e. The molecule has 2 unspecified atom stereocenters. The second kappa shape index (κ2) is 4.79. The molecule has 2 heteroatoms. The van der Waals surface area contributed by atoms with E-state index in [9.17, 15) is 5.11 Å². The molecule has 0 aliphatic heterocycles. The second-order valence-corrected chi connectivity index (χ2v) is 5.58. The highest BCUT2D eigenvalue weighted by Gasteiger charge is 2.45. The van der Waals surface area contributed by atoms with Crippen molar-refractivity contribution in [2.75, 3.05) is 14.1 Å². The highest BCUT2D eigenvalue weighted by atomic mass is 16.3. The van der Waals surface area contributed by atoms with Gasteiger partial charge in [-0.25, -0.2) is 0 Å². The summed E-state index contributed by atoms with van der Waals surface area (Å²) in [6.07, 6.45) is 3.13. The Balaban J connectivity index is 2.21. The summed E-state index contributed by atoms with van der Waals surface area (Å²) in [5.74, 6) is 0.451. The van der Waals surface area contributed by atoms with E-state index in [0.29, 0.717) is 12.0 Å². The van der Waals surface area contributed by atoms with Gasteiger partial charge in [0.15, 0.2) is 0 Å². The first-order chi connectivity index (χ1) is 8.04. The molecule has 1 aliphatic rings. The van der Waals surface area contributed by atoms with Gasteiger partial charge in [-0.05, 0) is 51.8 Å². The van der Waals surface area contributed by atoms with Crippen LogP contribution in [0.5, 0.6) is 0 Å². The van der Waals surface area contributed by atoms with Crippen LogP contribution in [0.15, 0.2) is 30.3 Å². The average Bonchev–Trinajstić information content (AvgIpc) is 3.14. The lowest BCUT2D eigenvalue weighted by Crippen LogP contribution is -2.37. The van der Waals surface area contributed by atoms with Crippen LogP contribution in [0.4, 0.5) is 0 Å². The molecule has 2 atom stereocenters. The van der Waals surface area contributed by atoms with Crippen LogP contribution in [0.2, 0.25) is 0 Å². The predicted octanol–water partition coefficient (Wildman–Crippen LogP) is 2.62. The summed E-state index contributed by atoms with van der Waals surface area (Å²) in [5.41, 5.74) is 0.446. The lowest BCUT2D eigenvalue weighted by atomic mass is 9.83. The smallest absolute Gasteiger partial charge is 0.0939 e. The molecule has 0 bridgehead atoms. The fraction of sp³-hybridized carbons (Fsp3) is 0.600. The SMILES string of the molecule is CC(CC(O)(c1ccccc1)C1CC1)N(C)C. The summed E-state index contributed by atoms with van der Waals surface area (Å²) in [6, 6.07) is 10.5. The molecule has 0 heterocycles. The van der Waals surface area contributed by atoms with Crippen molar-refractivity contribution in [1.82, 2.24) is 4.90 Å². The van der Waals surface area contributed by atoms with E-state index in [2.05, 4.69) is 38.1 Å². The maximum absolute atomic E-state index is 11.0. The van der Waals surface area contributed by atoms with Crippen molar-refractivity contribution < 1.29 is 5.11 Å². The summed E-state index contributed by atoms with van der Waals surface area (Å²) in [6.45, 7) is 2.18. The molecule has 1 N–H and O–H groups in total. The Morgan fingerprint density at radius 3 is 2.35 bits per heavy atom. The topological polar surface area (TPSA) is 23.5 Å². The van der Waals surface area contributed by atoms with Crippen molar-refractivity contribution in [3.05, 3.63) is 35.9 Å². The number of aliphatic hydroxyl groups is 1. The van der Waals surface area contributed by atoms with E-state index in [4.69, 9.17) is 0 Å². The van der Waals surface area contributed by atoms with Gasteiger partial charge in [-0.2, -0.15) is 0 Å². The van der Waals surface area contributed by atoms with Crippen LogP contribution in [-0.2, 0) is 5.60 Å². The van der Waals surface area contributed by atoms with Crippen LogP contribution in [-0.4, -0.2) is 30.1 Å². The minimum absolute atomic E-state index is 0.390. The molecule has 2 nitrogen and oxygen atoms in total. The summed E-state index contributed by atoms with van der Waals surface area (Å²) in [7, 11) is 4.14. The van der Waals surface area contributed by atoms with Gasteiger partial charge in [0.25, 0.3) is 0 Å². The Hall–Kier alpha value is -0.860. The lowest BCUT2D eigenvalue weighted by Gasteiger charge is -2.34. The van der Waals surface area contributed by atoms with Gasteiger partial charge in [-0.1, -0.05) is 30.3 Å². The summed E-state index contributed by atoms with van der Waals surface area (Å²) < 4.78 is 0. The normalized spacial score (nSPS) is 21.2. The first-order valence-electron chi connectivity index (χ1n) is 6.48. The molecule has 1 aliphatic carbocycles. The van der Waals surface area contributed by atoms with Gasteiger partial charge in [-0.3, -0.25) is 0 Å². The fourth-order valence-electron chi connectivity index (χ4n) is 2.44. The maximum atomic E-state index is 11.0. The molecule has 1 fully saturated rings. The summed E-state index contributed by atoms with van der Waals surface area (Å²) >= 11 is 0. The van der Waals surface area contributed by atoms with Crippen molar-refractivity contribution in [3.63, 3.8) is 0 Å². The largest absolute Gasteiger partial charge is 0.385 e. The van der Waals surface area contributed by atoms with Crippen molar-refractivity contribution in [2.24, 2.45) is 5.92 Å². The van der Waals surface area contributed by atoms with Crippen LogP contribution >= 0.6 is 0 Å². The van der Waals surface area contributed by atoms with Gasteiger partial charge in [0.05, 0.1) is 5.60 Å². The van der Waals surface area contributed by atoms with Gasteiger partial charge in [-0.15, -0.1) is 0 Å². The third-order valence-corrected chi connectivity index (χ3v) is 4.01. The van der Waals surface area contributed by atoms with E-state index in [1.165, 1.54) is 0 Å². The fourth-order valence-corrected chi connectivity index (χ4v) is 2.44. The van der Waals surface area contributed by atoms with Gasteiger partial charge >= 0.3 is 0 Å². The molecule has 0 saturated heterocycles. The molecule has 0 aromatic heterocycles. The van der Waals surface area contributed by atoms with Crippen molar-refractivity contribution in [1.29, 1.82) is 0 Å². The molecular weight excluding hydrogens is 210 g/mol. The lowest BCUT2D eigenvalue weighted by molar-refractivity contribution is -0.0140. The number of nitrogens with zero attached hydrogens (tertiary/aromatic N) is 1. The quantitative estimate of drug-likeness (QED) is 0.845. The number of benzene rings is 1. The Bertz CT molecular complexity index is 358. The van der Waals surface area contributed by atoms with Crippen LogP contribution in [0.25, 0.3) is 0 Å². The third kappa shape index (κ3) is 2.70. The van der Waals surface area contributed by atoms with Crippen LogP contribution in [0.3, 0.4) is 0 Å². The van der Waals surface area contributed by atoms with E-state index in [1.54, 1.807) is 0 Å². The predicted molar refractivity (Wildman–Crippen MR) is 70.8 cm³/mol. The monoisotopic (exact) mass is 233 g/mol. The van der Waals surface area contributed by atoms with Gasteiger partial charge in [0.2, 0.25) is 0 Å². The highest BCUT2D eigenvalue weighted by Crippen LogP contribution is 2.48. The van der Waals surface area contributed by atoms with Crippen molar-refractivity contribution in [3.8, 4) is 0 Å². The zero-order valence-corrected chi connectivity index (χ0v) is 11.1. The number of rotatable bonds is 5. The Morgan fingerprint density at radius 1 is 1.29 bits per heavy atom. The molecule has 0 spiro atoms. The van der Waals surface area contributed by atoms with E-state index < -0.39 is 5.60 Å². The van der Waals surface area contributed by atoms with E-state index >= 15 is 0 Å². The molecule has 2 rings (SSSR count). The molecule has 0 radical (unpaired) electrons. The summed E-state index contributed by atoms with van der Waals surface area (Å²) in [5, 5.41) is 11.0. The van der Waals surface area contributed by atoms with Crippen LogP contribution in [0.1, 0.15) is 31.7 Å². The number of hydrogen-bond donors (Lipinski definition) is 1. The van der Waals surface area contributed by atoms with Crippen LogP contribution in [0, 0.1) is 5.92 Å². The molecule has 1 aromatic carbocycles. The Labute approximate surface area is 104 Å². The Kier molecular flexibility index (Phi) is 3.55. The first-order valence-corrected chi connectivity index (χ1v) is 6.48. The van der Waals surface area contributed by atoms with Gasteiger partial charge in [0, 0.05) is 6.04 Å². The highest BCUT2D eigenvalue weighted by molar-refractivity contribution is 5.25. The molecule has 0 amide bonds. The van der Waals surface area contributed by atoms with E-state index in [1.807, 2.05) is 18.2 Å². The van der Waals surface area contributed by atoms with Crippen molar-refractivity contribution in [2.45, 2.75) is 37.8 Å². The van der Waals surface area contributed by atoms with Crippen molar-refractivity contribution >= 4 is 0 Å². The third-order valence-electron chi connectivity index (χ3n) is 4.01. The molecular formula is C15H23NO. The maximum Gasteiger partial charge on any atom is 0.0939 e. The minimum atomic E-state index is -0.634. The average molecular weight is 233 g/mol. The summed E-state index contributed by atoms with van der Waals surface area (Å²) in [4.78, 5) is 2.18. The first kappa shape index (κ1) is 12.6. The van der Waals surface area contributed by atoms with Gasteiger partial charge < -0.3 is 10.0 Å². The standard InChI is InChI=1S/C15H23NO/c1-12(16(2)3)11-15(17,14-9-10-14)13-7-5-4-6-8-13/h4-8,12,14,17H,9-11H2,1-3H3. The molecule has 94 valence electrons. The zero-order valence-electron chi connectivity index (χ0n) is 11.1. The van der Waals surface area contributed by atoms with E-state index in [-0.39, 0.29) is 0 Å². The molecule has 17 heavy (non-hydrogen) atoms. The Morgan fingerprint density at radius 2 is 1.88 bits per heavy atom. The molecule has 1 aromatic rings. The number of hydrogen-bond acceptors (Lipinski definition) is 2. The second-order valence-electron chi connectivity index (χ2n) is 5.58.